The van der Waals surface area contributed by atoms with Crippen LogP contribution in [0.5, 0.6) is 5.75 Å². The van der Waals surface area contributed by atoms with E-state index in [1.54, 1.807) is 28.9 Å². The van der Waals surface area contributed by atoms with Gasteiger partial charge in [0, 0.05) is 12.6 Å². The molecule has 0 radical (unpaired) electrons. The van der Waals surface area contributed by atoms with Gasteiger partial charge in [0.05, 0.1) is 30.1 Å². The van der Waals surface area contributed by atoms with Crippen LogP contribution in [0.3, 0.4) is 0 Å². The Balaban J connectivity index is 2.29. The molecule has 0 saturated heterocycles. The number of amides is 1. The first kappa shape index (κ1) is 14.6. The molecule has 2 aromatic rings. The van der Waals surface area contributed by atoms with E-state index in [0.29, 0.717) is 29.2 Å². The summed E-state index contributed by atoms with van der Waals surface area (Å²) in [4.78, 5) is 12.3. The third-order valence-corrected chi connectivity index (χ3v) is 3.01. The van der Waals surface area contributed by atoms with Gasteiger partial charge < -0.3 is 10.1 Å². The number of hydrogen-bond donors (Lipinski definition) is 1. The monoisotopic (exact) mass is 284 g/mol. The lowest BCUT2D eigenvalue weighted by Gasteiger charge is -2.11. The maximum absolute atomic E-state index is 12.3. The molecule has 21 heavy (non-hydrogen) atoms. The van der Waals surface area contributed by atoms with Crippen molar-refractivity contribution in [3.8, 4) is 11.8 Å². The van der Waals surface area contributed by atoms with E-state index in [4.69, 9.17) is 10.00 Å². The molecule has 0 bridgehead atoms. The fraction of sp³-hybridized carbons (Fsp3) is 0.267. The third-order valence-electron chi connectivity index (χ3n) is 3.01. The lowest BCUT2D eigenvalue weighted by atomic mass is 10.2. The molecule has 1 amide bonds. The number of aromatic nitrogens is 2. The van der Waals surface area contributed by atoms with Gasteiger partial charge in [0.1, 0.15) is 11.4 Å². The molecule has 0 spiro atoms. The molecule has 1 heterocycles. The number of nitrogens with one attached hydrogen (secondary N) is 1. The average molecular weight is 284 g/mol. The summed E-state index contributed by atoms with van der Waals surface area (Å²) in [5.74, 6) is 0.183. The van der Waals surface area contributed by atoms with E-state index < -0.39 is 0 Å². The summed E-state index contributed by atoms with van der Waals surface area (Å²) in [7, 11) is 1.49. The van der Waals surface area contributed by atoms with Crippen molar-refractivity contribution in [2.45, 2.75) is 20.4 Å². The Hall–Kier alpha value is -2.81. The molecule has 6 heteroatoms. The number of hydrogen-bond acceptors (Lipinski definition) is 4. The van der Waals surface area contributed by atoms with Gasteiger partial charge in [-0.15, -0.1) is 0 Å². The van der Waals surface area contributed by atoms with Crippen LogP contribution in [-0.4, -0.2) is 22.8 Å². The van der Waals surface area contributed by atoms with E-state index >= 15 is 0 Å². The topological polar surface area (TPSA) is 79.9 Å². The molecule has 0 aliphatic carbocycles. The lowest BCUT2D eigenvalue weighted by molar-refractivity contribution is 0.101. The molecular formula is C15H16N4O2. The zero-order valence-electron chi connectivity index (χ0n) is 12.2. The van der Waals surface area contributed by atoms with E-state index in [-0.39, 0.29) is 5.91 Å². The molecule has 0 aliphatic heterocycles. The van der Waals surface area contributed by atoms with Gasteiger partial charge >= 0.3 is 0 Å². The Morgan fingerprint density at radius 3 is 2.86 bits per heavy atom. The largest absolute Gasteiger partial charge is 0.495 e. The highest BCUT2D eigenvalue weighted by molar-refractivity contribution is 6.04. The van der Waals surface area contributed by atoms with Gasteiger partial charge in [0.15, 0.2) is 0 Å². The maximum Gasteiger partial charge on any atom is 0.274 e. The van der Waals surface area contributed by atoms with Crippen LogP contribution in [0, 0.1) is 18.3 Å². The summed E-state index contributed by atoms with van der Waals surface area (Å²) >= 11 is 0. The molecule has 0 atom stereocenters. The Kier molecular flexibility index (Phi) is 4.24. The van der Waals surface area contributed by atoms with Gasteiger partial charge in [-0.25, -0.2) is 0 Å². The summed E-state index contributed by atoms with van der Waals surface area (Å²) in [5, 5.41) is 15.9. The van der Waals surface area contributed by atoms with E-state index in [1.807, 2.05) is 19.9 Å². The summed E-state index contributed by atoms with van der Waals surface area (Å²) in [5.41, 5.74) is 2.26. The van der Waals surface area contributed by atoms with Crippen LogP contribution < -0.4 is 10.1 Å². The minimum atomic E-state index is -0.263. The number of nitriles is 1. The summed E-state index contributed by atoms with van der Waals surface area (Å²) in [6, 6.07) is 8.61. The maximum atomic E-state index is 12.3. The predicted molar refractivity (Wildman–Crippen MR) is 78.3 cm³/mol. The van der Waals surface area contributed by atoms with Crippen LogP contribution in [0.2, 0.25) is 0 Å². The number of nitrogens with zero attached hydrogens (tertiary/aromatic N) is 3. The number of ether oxygens (including phenoxy) is 1. The van der Waals surface area contributed by atoms with Crippen molar-refractivity contribution < 1.29 is 9.53 Å². The second kappa shape index (κ2) is 6.09. The fourth-order valence-electron chi connectivity index (χ4n) is 2.02. The van der Waals surface area contributed by atoms with Gasteiger partial charge in [-0.2, -0.15) is 10.4 Å². The van der Waals surface area contributed by atoms with Crippen LogP contribution in [0.15, 0.2) is 24.3 Å². The normalized spacial score (nSPS) is 10.0. The Bertz CT molecular complexity index is 713. The average Bonchev–Trinajstić information content (AvgIpc) is 2.88. The second-order valence-electron chi connectivity index (χ2n) is 4.47. The molecule has 0 aliphatic rings. The van der Waals surface area contributed by atoms with Gasteiger partial charge in [-0.1, -0.05) is 0 Å². The van der Waals surface area contributed by atoms with Crippen LogP contribution >= 0.6 is 0 Å². The number of carbonyl (C=O) groups is 1. The molecule has 2 rings (SSSR count). The van der Waals surface area contributed by atoms with Crippen LogP contribution in [0.1, 0.15) is 28.7 Å². The quantitative estimate of drug-likeness (QED) is 0.934. The van der Waals surface area contributed by atoms with Crippen molar-refractivity contribution in [2.75, 3.05) is 12.4 Å². The number of anilines is 1. The highest BCUT2D eigenvalue weighted by Gasteiger charge is 2.15. The Labute approximate surface area is 123 Å². The van der Waals surface area contributed by atoms with E-state index in [0.717, 1.165) is 5.69 Å². The molecule has 0 unspecified atom stereocenters. The van der Waals surface area contributed by atoms with Crippen LogP contribution in [0.25, 0.3) is 0 Å². The first-order chi connectivity index (χ1) is 10.1. The van der Waals surface area contributed by atoms with Crippen molar-refractivity contribution in [3.63, 3.8) is 0 Å². The third kappa shape index (κ3) is 3.03. The minimum Gasteiger partial charge on any atom is -0.495 e. The fourth-order valence-corrected chi connectivity index (χ4v) is 2.02. The molecule has 1 aromatic carbocycles. The Morgan fingerprint density at radius 1 is 1.48 bits per heavy atom. The summed E-state index contributed by atoms with van der Waals surface area (Å²) in [6.07, 6.45) is 0. The van der Waals surface area contributed by atoms with Crippen molar-refractivity contribution in [1.82, 2.24) is 9.78 Å². The van der Waals surface area contributed by atoms with Crippen molar-refractivity contribution in [3.05, 3.63) is 41.2 Å². The second-order valence-corrected chi connectivity index (χ2v) is 4.47. The smallest absolute Gasteiger partial charge is 0.274 e. The zero-order chi connectivity index (χ0) is 15.4. The summed E-state index contributed by atoms with van der Waals surface area (Å²) < 4.78 is 6.84. The van der Waals surface area contributed by atoms with E-state index in [1.165, 1.54) is 7.11 Å². The van der Waals surface area contributed by atoms with Crippen LogP contribution in [-0.2, 0) is 6.54 Å². The number of methoxy groups -OCH3 is 1. The molecule has 1 aromatic heterocycles. The highest BCUT2D eigenvalue weighted by atomic mass is 16.5. The first-order valence-electron chi connectivity index (χ1n) is 6.53. The minimum absolute atomic E-state index is 0.263. The molecule has 1 N–H and O–H groups in total. The van der Waals surface area contributed by atoms with Gasteiger partial charge in [-0.05, 0) is 32.0 Å². The van der Waals surface area contributed by atoms with Crippen LogP contribution in [0.4, 0.5) is 5.69 Å². The number of rotatable bonds is 4. The molecule has 108 valence electrons. The van der Waals surface area contributed by atoms with Gasteiger partial charge in [0.2, 0.25) is 0 Å². The SMILES string of the molecule is CCn1nc(C)cc1C(=O)Nc1ccc(C#N)cc1OC. The van der Waals surface area contributed by atoms with Crippen molar-refractivity contribution in [1.29, 1.82) is 5.26 Å². The lowest BCUT2D eigenvalue weighted by Crippen LogP contribution is -2.17. The number of benzene rings is 1. The van der Waals surface area contributed by atoms with Gasteiger partial charge in [0.25, 0.3) is 5.91 Å². The number of carbonyl (C=O) groups excluding carboxylic acids is 1. The Morgan fingerprint density at radius 2 is 2.24 bits per heavy atom. The first-order valence-corrected chi connectivity index (χ1v) is 6.53. The van der Waals surface area contributed by atoms with Crippen molar-refractivity contribution >= 4 is 11.6 Å². The van der Waals surface area contributed by atoms with E-state index in [9.17, 15) is 4.79 Å². The van der Waals surface area contributed by atoms with Crippen molar-refractivity contribution in [2.24, 2.45) is 0 Å². The van der Waals surface area contributed by atoms with E-state index in [2.05, 4.69) is 10.4 Å². The molecule has 6 nitrogen and oxygen atoms in total. The zero-order valence-corrected chi connectivity index (χ0v) is 12.2. The standard InChI is InChI=1S/C15H16N4O2/c1-4-19-13(7-10(2)18-19)15(20)17-12-6-5-11(9-16)8-14(12)21-3/h5-8H,4H2,1-3H3,(H,17,20). The molecule has 0 saturated carbocycles. The molecular weight excluding hydrogens is 268 g/mol. The highest BCUT2D eigenvalue weighted by Crippen LogP contribution is 2.25. The number of aryl methyl sites for hydroxylation is 2. The predicted octanol–water partition coefficient (Wildman–Crippen LogP) is 2.34. The summed E-state index contributed by atoms with van der Waals surface area (Å²) in [6.45, 7) is 4.37. The van der Waals surface area contributed by atoms with Gasteiger partial charge in [-0.3, -0.25) is 9.48 Å². The molecule has 0 fully saturated rings.